The van der Waals surface area contributed by atoms with Crippen LogP contribution in [-0.2, 0) is 9.59 Å². The van der Waals surface area contributed by atoms with E-state index in [1.165, 1.54) is 0 Å². The van der Waals surface area contributed by atoms with Crippen molar-refractivity contribution < 1.29 is 9.59 Å². The van der Waals surface area contributed by atoms with E-state index in [0.717, 1.165) is 25.9 Å². The van der Waals surface area contributed by atoms with Crippen LogP contribution in [0.5, 0.6) is 0 Å². The number of hydrogen-bond acceptors (Lipinski definition) is 2. The summed E-state index contributed by atoms with van der Waals surface area (Å²) < 4.78 is 0. The Bertz CT molecular complexity index is 295. The molecule has 1 aliphatic carbocycles. The van der Waals surface area contributed by atoms with E-state index in [4.69, 9.17) is 0 Å². The van der Waals surface area contributed by atoms with Gasteiger partial charge in [-0.3, -0.25) is 9.59 Å². The Morgan fingerprint density at radius 1 is 1.38 bits per heavy atom. The molecule has 0 aromatic heterocycles. The van der Waals surface area contributed by atoms with E-state index >= 15 is 0 Å². The van der Waals surface area contributed by atoms with Crippen LogP contribution in [0.25, 0.3) is 0 Å². The predicted molar refractivity (Wildman–Crippen MR) is 60.8 cm³/mol. The Morgan fingerprint density at radius 2 is 2.00 bits per heavy atom. The molecule has 0 spiro atoms. The second-order valence-electron chi connectivity index (χ2n) is 4.69. The van der Waals surface area contributed by atoms with Crippen LogP contribution in [0.2, 0.25) is 0 Å². The molecule has 2 aliphatic rings. The maximum absolute atomic E-state index is 12.1. The van der Waals surface area contributed by atoms with Crippen LogP contribution in [-0.4, -0.2) is 47.3 Å². The number of likely N-dealkylation sites (tertiary alicyclic amines) is 1. The molecule has 2 fully saturated rings. The molecule has 90 valence electrons. The molecule has 0 aromatic rings. The minimum Gasteiger partial charge on any atom is -0.343 e. The van der Waals surface area contributed by atoms with Gasteiger partial charge in [0.1, 0.15) is 0 Å². The molecule has 0 N–H and O–H groups in total. The highest BCUT2D eigenvalue weighted by atomic mass is 16.2. The van der Waals surface area contributed by atoms with Gasteiger partial charge in [-0.1, -0.05) is 0 Å². The second kappa shape index (κ2) is 4.44. The van der Waals surface area contributed by atoms with E-state index in [1.807, 2.05) is 23.6 Å². The summed E-state index contributed by atoms with van der Waals surface area (Å²) in [6, 6.07) is 0.446. The molecular formula is C12H20N2O2. The first-order valence-corrected chi connectivity index (χ1v) is 6.25. The van der Waals surface area contributed by atoms with E-state index in [9.17, 15) is 9.59 Å². The molecule has 4 heteroatoms. The van der Waals surface area contributed by atoms with Gasteiger partial charge in [-0.05, 0) is 26.7 Å². The summed E-state index contributed by atoms with van der Waals surface area (Å²) in [5.74, 6) is 0.238. The third-order valence-corrected chi connectivity index (χ3v) is 3.57. The van der Waals surface area contributed by atoms with Crippen molar-refractivity contribution >= 4 is 11.8 Å². The Kier molecular flexibility index (Phi) is 3.17. The molecule has 16 heavy (non-hydrogen) atoms. The monoisotopic (exact) mass is 224 g/mol. The molecule has 2 rings (SSSR count). The number of nitrogens with zero attached hydrogens (tertiary/aromatic N) is 2. The molecule has 2 amide bonds. The SMILES string of the molecule is CCN(CC)C(=O)[C@H]1CC(=O)N(C2CC2)C1. The maximum atomic E-state index is 12.1. The van der Waals surface area contributed by atoms with Crippen molar-refractivity contribution in [2.24, 2.45) is 5.92 Å². The van der Waals surface area contributed by atoms with Gasteiger partial charge in [0.15, 0.2) is 0 Å². The van der Waals surface area contributed by atoms with Crippen LogP contribution in [0.15, 0.2) is 0 Å². The molecule has 1 atom stereocenters. The fourth-order valence-corrected chi connectivity index (χ4v) is 2.43. The molecule has 0 aromatic carbocycles. The second-order valence-corrected chi connectivity index (χ2v) is 4.69. The largest absolute Gasteiger partial charge is 0.343 e. The van der Waals surface area contributed by atoms with Crippen LogP contribution in [0.1, 0.15) is 33.1 Å². The van der Waals surface area contributed by atoms with Gasteiger partial charge >= 0.3 is 0 Å². The first kappa shape index (κ1) is 11.4. The molecule has 0 radical (unpaired) electrons. The van der Waals surface area contributed by atoms with Crippen molar-refractivity contribution in [2.75, 3.05) is 19.6 Å². The normalized spacial score (nSPS) is 25.0. The Balaban J connectivity index is 1.96. The minimum atomic E-state index is -0.0898. The lowest BCUT2D eigenvalue weighted by atomic mass is 10.1. The summed E-state index contributed by atoms with van der Waals surface area (Å²) in [5, 5.41) is 0. The fraction of sp³-hybridized carbons (Fsp3) is 0.833. The van der Waals surface area contributed by atoms with Gasteiger partial charge in [-0.25, -0.2) is 0 Å². The van der Waals surface area contributed by atoms with Crippen molar-refractivity contribution in [3.8, 4) is 0 Å². The quantitative estimate of drug-likeness (QED) is 0.711. The van der Waals surface area contributed by atoms with Gasteiger partial charge in [0, 0.05) is 32.1 Å². The molecule has 1 heterocycles. The number of rotatable bonds is 4. The zero-order chi connectivity index (χ0) is 11.7. The zero-order valence-corrected chi connectivity index (χ0v) is 10.1. The highest BCUT2D eigenvalue weighted by Crippen LogP contribution is 2.33. The zero-order valence-electron chi connectivity index (χ0n) is 10.1. The third-order valence-electron chi connectivity index (χ3n) is 3.57. The average Bonchev–Trinajstić information content (AvgIpc) is 3.04. The van der Waals surface area contributed by atoms with Crippen LogP contribution in [0.4, 0.5) is 0 Å². The molecule has 1 aliphatic heterocycles. The van der Waals surface area contributed by atoms with Gasteiger partial charge in [0.25, 0.3) is 0 Å². The summed E-state index contributed by atoms with van der Waals surface area (Å²) >= 11 is 0. The molecular weight excluding hydrogens is 204 g/mol. The van der Waals surface area contributed by atoms with Gasteiger partial charge in [-0.15, -0.1) is 0 Å². The van der Waals surface area contributed by atoms with E-state index in [2.05, 4.69) is 0 Å². The molecule has 1 saturated heterocycles. The standard InChI is InChI=1S/C12H20N2O2/c1-3-13(4-2)12(16)9-7-11(15)14(8-9)10-5-6-10/h9-10H,3-8H2,1-2H3/t9-/m0/s1. The van der Waals surface area contributed by atoms with Gasteiger partial charge in [0.05, 0.1) is 5.92 Å². The first-order valence-electron chi connectivity index (χ1n) is 6.25. The van der Waals surface area contributed by atoms with E-state index < -0.39 is 0 Å². The van der Waals surface area contributed by atoms with E-state index in [-0.39, 0.29) is 17.7 Å². The van der Waals surface area contributed by atoms with E-state index in [0.29, 0.717) is 19.0 Å². The minimum absolute atomic E-state index is 0.0898. The maximum Gasteiger partial charge on any atom is 0.227 e. The lowest BCUT2D eigenvalue weighted by molar-refractivity contribution is -0.135. The Morgan fingerprint density at radius 3 is 2.50 bits per heavy atom. The smallest absolute Gasteiger partial charge is 0.227 e. The predicted octanol–water partition coefficient (Wildman–Crippen LogP) is 0.866. The highest BCUT2D eigenvalue weighted by Gasteiger charge is 2.42. The first-order chi connectivity index (χ1) is 7.67. The topological polar surface area (TPSA) is 40.6 Å². The average molecular weight is 224 g/mol. The van der Waals surface area contributed by atoms with Crippen molar-refractivity contribution in [1.82, 2.24) is 9.80 Å². The number of carbonyl (C=O) groups excluding carboxylic acids is 2. The summed E-state index contributed by atoms with van der Waals surface area (Å²) in [5.41, 5.74) is 0. The molecule has 0 bridgehead atoms. The van der Waals surface area contributed by atoms with Crippen molar-refractivity contribution in [2.45, 2.75) is 39.2 Å². The number of carbonyl (C=O) groups is 2. The van der Waals surface area contributed by atoms with Gasteiger partial charge in [0.2, 0.25) is 11.8 Å². The molecule has 4 nitrogen and oxygen atoms in total. The van der Waals surface area contributed by atoms with Crippen molar-refractivity contribution in [1.29, 1.82) is 0 Å². The fourth-order valence-electron chi connectivity index (χ4n) is 2.43. The summed E-state index contributed by atoms with van der Waals surface area (Å²) in [6.07, 6.45) is 2.67. The summed E-state index contributed by atoms with van der Waals surface area (Å²) in [4.78, 5) is 27.6. The summed E-state index contributed by atoms with van der Waals surface area (Å²) in [7, 11) is 0. The van der Waals surface area contributed by atoms with Gasteiger partial charge in [-0.2, -0.15) is 0 Å². The van der Waals surface area contributed by atoms with Crippen LogP contribution in [0.3, 0.4) is 0 Å². The Labute approximate surface area is 96.6 Å². The highest BCUT2D eigenvalue weighted by molar-refractivity contribution is 5.89. The molecule has 0 unspecified atom stereocenters. The van der Waals surface area contributed by atoms with Crippen LogP contribution >= 0.6 is 0 Å². The van der Waals surface area contributed by atoms with Gasteiger partial charge < -0.3 is 9.80 Å². The molecule has 1 saturated carbocycles. The van der Waals surface area contributed by atoms with Crippen molar-refractivity contribution in [3.63, 3.8) is 0 Å². The summed E-state index contributed by atoms with van der Waals surface area (Å²) in [6.45, 7) is 6.10. The number of amides is 2. The number of hydrogen-bond donors (Lipinski definition) is 0. The third kappa shape index (κ3) is 2.06. The van der Waals surface area contributed by atoms with Crippen LogP contribution in [0, 0.1) is 5.92 Å². The van der Waals surface area contributed by atoms with E-state index in [1.54, 1.807) is 0 Å². The lowest BCUT2D eigenvalue weighted by Gasteiger charge is -2.22. The van der Waals surface area contributed by atoms with Crippen molar-refractivity contribution in [3.05, 3.63) is 0 Å². The Hall–Kier alpha value is -1.06. The van der Waals surface area contributed by atoms with Crippen LogP contribution < -0.4 is 0 Å². The lowest BCUT2D eigenvalue weighted by Crippen LogP contribution is -2.37.